The van der Waals surface area contributed by atoms with Crippen LogP contribution in [0.1, 0.15) is 13.8 Å². The van der Waals surface area contributed by atoms with Gasteiger partial charge in [0, 0.05) is 30.1 Å². The molecule has 0 aliphatic rings. The first-order valence-electron chi connectivity index (χ1n) is 6.53. The highest BCUT2D eigenvalue weighted by atomic mass is 16.6. The molecule has 0 fully saturated rings. The predicted octanol–water partition coefficient (Wildman–Crippen LogP) is 2.54. The summed E-state index contributed by atoms with van der Waals surface area (Å²) in [7, 11) is 0. The van der Waals surface area contributed by atoms with Crippen LogP contribution in [0.15, 0.2) is 30.3 Å². The van der Waals surface area contributed by atoms with Crippen molar-refractivity contribution in [3.8, 4) is 0 Å². The topological polar surface area (TPSA) is 94.1 Å². The Kier molecular flexibility index (Phi) is 4.14. The summed E-state index contributed by atoms with van der Waals surface area (Å²) in [6.45, 7) is 4.71. The molecule has 3 N–H and O–H groups in total. The van der Waals surface area contributed by atoms with Gasteiger partial charge in [-0.05, 0) is 24.1 Å². The number of aromatic nitrogens is 1. The maximum atomic E-state index is 10.7. The van der Waals surface area contributed by atoms with Gasteiger partial charge in [-0.25, -0.2) is 4.98 Å². The van der Waals surface area contributed by atoms with Gasteiger partial charge in [0.2, 0.25) is 0 Å². The number of benzene rings is 1. The van der Waals surface area contributed by atoms with E-state index in [0.29, 0.717) is 12.5 Å². The molecule has 0 bridgehead atoms. The van der Waals surface area contributed by atoms with Crippen LogP contribution in [0.5, 0.6) is 0 Å². The Morgan fingerprint density at radius 2 is 2.10 bits per heavy atom. The van der Waals surface area contributed by atoms with Crippen LogP contribution in [0.3, 0.4) is 0 Å². The van der Waals surface area contributed by atoms with Crippen molar-refractivity contribution in [2.75, 3.05) is 11.9 Å². The standard InChI is InChI=1S/C14H18N4O2/c1-9(2)13(8-15)17-14-6-3-10-7-11(18(19)20)4-5-12(10)16-14/h3-7,9,13H,8,15H2,1-2H3,(H,16,17). The van der Waals surface area contributed by atoms with Gasteiger partial charge in [-0.1, -0.05) is 13.8 Å². The lowest BCUT2D eigenvalue weighted by Gasteiger charge is -2.21. The Hall–Kier alpha value is -2.21. The van der Waals surface area contributed by atoms with Gasteiger partial charge in [-0.2, -0.15) is 0 Å². The third-order valence-corrected chi connectivity index (χ3v) is 3.28. The molecule has 0 saturated carbocycles. The molecular formula is C14H18N4O2. The lowest BCUT2D eigenvalue weighted by Crippen LogP contribution is -2.33. The van der Waals surface area contributed by atoms with Gasteiger partial charge in [0.05, 0.1) is 10.4 Å². The fraction of sp³-hybridized carbons (Fsp3) is 0.357. The zero-order chi connectivity index (χ0) is 14.7. The SMILES string of the molecule is CC(C)C(CN)Nc1ccc2cc([N+](=O)[O-])ccc2n1. The number of fused-ring (bicyclic) bond motifs is 1. The molecule has 1 heterocycles. The Morgan fingerprint density at radius 1 is 1.35 bits per heavy atom. The number of nitrogens with one attached hydrogen (secondary N) is 1. The molecule has 20 heavy (non-hydrogen) atoms. The number of pyridine rings is 1. The Labute approximate surface area is 117 Å². The predicted molar refractivity (Wildman–Crippen MR) is 79.7 cm³/mol. The van der Waals surface area contributed by atoms with E-state index in [9.17, 15) is 10.1 Å². The Morgan fingerprint density at radius 3 is 2.70 bits per heavy atom. The van der Waals surface area contributed by atoms with E-state index in [-0.39, 0.29) is 11.7 Å². The van der Waals surface area contributed by atoms with Gasteiger partial charge < -0.3 is 11.1 Å². The van der Waals surface area contributed by atoms with Crippen LogP contribution >= 0.6 is 0 Å². The van der Waals surface area contributed by atoms with Crippen LogP contribution in [0.2, 0.25) is 0 Å². The average molecular weight is 274 g/mol. The first-order valence-corrected chi connectivity index (χ1v) is 6.53. The van der Waals surface area contributed by atoms with Crippen LogP contribution in [0.4, 0.5) is 11.5 Å². The van der Waals surface area contributed by atoms with Crippen molar-refractivity contribution in [1.29, 1.82) is 0 Å². The smallest absolute Gasteiger partial charge is 0.270 e. The van der Waals surface area contributed by atoms with Gasteiger partial charge in [-0.3, -0.25) is 10.1 Å². The number of hydrogen-bond acceptors (Lipinski definition) is 5. The normalized spacial score (nSPS) is 12.6. The lowest BCUT2D eigenvalue weighted by atomic mass is 10.0. The molecule has 0 aliphatic carbocycles. The largest absolute Gasteiger partial charge is 0.366 e. The summed E-state index contributed by atoms with van der Waals surface area (Å²) in [6.07, 6.45) is 0. The van der Waals surface area contributed by atoms with Crippen LogP contribution in [-0.2, 0) is 0 Å². The summed E-state index contributed by atoms with van der Waals surface area (Å²) >= 11 is 0. The third-order valence-electron chi connectivity index (χ3n) is 3.28. The van der Waals surface area contributed by atoms with Crippen LogP contribution in [0.25, 0.3) is 10.9 Å². The highest BCUT2D eigenvalue weighted by Gasteiger charge is 2.12. The molecule has 2 rings (SSSR count). The summed E-state index contributed by atoms with van der Waals surface area (Å²) in [5.74, 6) is 1.13. The van der Waals surface area contributed by atoms with Crippen LogP contribution in [0, 0.1) is 16.0 Å². The number of nitro groups is 1. The van der Waals surface area contributed by atoms with Crippen molar-refractivity contribution < 1.29 is 4.92 Å². The van der Waals surface area contributed by atoms with Crippen molar-refractivity contribution in [3.63, 3.8) is 0 Å². The molecule has 6 heteroatoms. The van der Waals surface area contributed by atoms with E-state index in [4.69, 9.17) is 5.73 Å². The quantitative estimate of drug-likeness (QED) is 0.645. The molecular weight excluding hydrogens is 256 g/mol. The molecule has 0 amide bonds. The second-order valence-corrected chi connectivity index (χ2v) is 5.06. The van der Waals surface area contributed by atoms with Crippen molar-refractivity contribution in [3.05, 3.63) is 40.4 Å². The minimum Gasteiger partial charge on any atom is -0.366 e. The molecule has 1 aromatic heterocycles. The van der Waals surface area contributed by atoms with Gasteiger partial charge in [0.15, 0.2) is 0 Å². The lowest BCUT2D eigenvalue weighted by molar-refractivity contribution is -0.384. The number of rotatable bonds is 5. The third kappa shape index (κ3) is 3.03. The van der Waals surface area contributed by atoms with E-state index < -0.39 is 4.92 Å². The first kappa shape index (κ1) is 14.2. The number of non-ortho nitro benzene ring substituents is 1. The number of nitrogens with two attached hydrogens (primary N) is 1. The van der Waals surface area contributed by atoms with Crippen molar-refractivity contribution in [2.45, 2.75) is 19.9 Å². The molecule has 1 unspecified atom stereocenters. The average Bonchev–Trinajstić information content (AvgIpc) is 2.43. The number of nitro benzene ring substituents is 1. The van der Waals surface area contributed by atoms with Gasteiger partial charge in [0.1, 0.15) is 5.82 Å². The maximum Gasteiger partial charge on any atom is 0.270 e. The summed E-state index contributed by atoms with van der Waals surface area (Å²) in [5.41, 5.74) is 6.52. The first-order chi connectivity index (χ1) is 9.51. The van der Waals surface area contributed by atoms with E-state index in [1.807, 2.05) is 12.1 Å². The Balaban J connectivity index is 2.30. The fourth-order valence-electron chi connectivity index (χ4n) is 1.99. The minimum absolute atomic E-state index is 0.0713. The molecule has 106 valence electrons. The molecule has 1 aromatic carbocycles. The van der Waals surface area contributed by atoms with E-state index in [2.05, 4.69) is 24.1 Å². The zero-order valence-electron chi connectivity index (χ0n) is 11.5. The number of anilines is 1. The van der Waals surface area contributed by atoms with E-state index in [1.54, 1.807) is 6.07 Å². The van der Waals surface area contributed by atoms with Crippen LogP contribution < -0.4 is 11.1 Å². The molecule has 0 spiro atoms. The highest BCUT2D eigenvalue weighted by Crippen LogP contribution is 2.21. The molecule has 6 nitrogen and oxygen atoms in total. The molecule has 1 atom stereocenters. The highest BCUT2D eigenvalue weighted by molar-refractivity contribution is 5.82. The second kappa shape index (κ2) is 5.83. The summed E-state index contributed by atoms with van der Waals surface area (Å²) in [6, 6.07) is 8.43. The number of nitrogens with zero attached hydrogens (tertiary/aromatic N) is 2. The van der Waals surface area contributed by atoms with Gasteiger partial charge in [0.25, 0.3) is 5.69 Å². The summed E-state index contributed by atoms with van der Waals surface area (Å²) < 4.78 is 0. The van der Waals surface area contributed by atoms with E-state index >= 15 is 0 Å². The maximum absolute atomic E-state index is 10.7. The fourth-order valence-corrected chi connectivity index (χ4v) is 1.99. The van der Waals surface area contributed by atoms with E-state index in [1.165, 1.54) is 12.1 Å². The van der Waals surface area contributed by atoms with Crippen molar-refractivity contribution >= 4 is 22.4 Å². The summed E-state index contributed by atoms with van der Waals surface area (Å²) in [5, 5.41) is 14.8. The molecule has 0 saturated heterocycles. The van der Waals surface area contributed by atoms with Gasteiger partial charge >= 0.3 is 0 Å². The Bertz CT molecular complexity index is 628. The molecule has 2 aromatic rings. The minimum atomic E-state index is -0.408. The van der Waals surface area contributed by atoms with Crippen LogP contribution in [-0.4, -0.2) is 22.5 Å². The van der Waals surface area contributed by atoms with Crippen molar-refractivity contribution in [1.82, 2.24) is 4.98 Å². The van der Waals surface area contributed by atoms with Gasteiger partial charge in [-0.15, -0.1) is 0 Å². The zero-order valence-corrected chi connectivity index (χ0v) is 11.5. The van der Waals surface area contributed by atoms with E-state index in [0.717, 1.165) is 16.7 Å². The van der Waals surface area contributed by atoms with Crippen molar-refractivity contribution in [2.24, 2.45) is 11.7 Å². The second-order valence-electron chi connectivity index (χ2n) is 5.06. The molecule has 0 radical (unpaired) electrons. The number of hydrogen-bond donors (Lipinski definition) is 2. The molecule has 0 aliphatic heterocycles. The monoisotopic (exact) mass is 274 g/mol. The summed E-state index contributed by atoms with van der Waals surface area (Å²) in [4.78, 5) is 14.8.